The van der Waals surface area contributed by atoms with Crippen LogP contribution in [0.2, 0.25) is 0 Å². The first kappa shape index (κ1) is 21.5. The lowest BCUT2D eigenvalue weighted by atomic mass is 10.1. The average Bonchev–Trinajstić information content (AvgIpc) is 2.79. The number of anilines is 1. The number of hydrogen-bond acceptors (Lipinski definition) is 4. The van der Waals surface area contributed by atoms with Crippen LogP contribution in [0.3, 0.4) is 0 Å². The van der Waals surface area contributed by atoms with Crippen LogP contribution in [0, 0.1) is 0 Å². The second kappa shape index (κ2) is 10.0. The van der Waals surface area contributed by atoms with E-state index >= 15 is 0 Å². The summed E-state index contributed by atoms with van der Waals surface area (Å²) in [6.45, 7) is 2.87. The summed E-state index contributed by atoms with van der Waals surface area (Å²) in [7, 11) is 1.68. The summed E-state index contributed by atoms with van der Waals surface area (Å²) in [5, 5.41) is 0. The number of carbonyl (C=O) groups is 1. The molecule has 0 bridgehead atoms. The minimum absolute atomic E-state index is 0. The van der Waals surface area contributed by atoms with Gasteiger partial charge in [-0.15, -0.1) is 0 Å². The van der Waals surface area contributed by atoms with Crippen LogP contribution < -0.4 is 26.8 Å². The number of piperazine rings is 1. The van der Waals surface area contributed by atoms with Crippen molar-refractivity contribution in [2.75, 3.05) is 38.2 Å². The van der Waals surface area contributed by atoms with Crippen molar-refractivity contribution in [2.45, 2.75) is 0 Å². The van der Waals surface area contributed by atoms with E-state index < -0.39 is 0 Å². The Labute approximate surface area is 183 Å². The van der Waals surface area contributed by atoms with Crippen LogP contribution in [0.25, 0.3) is 0 Å². The first-order chi connectivity index (χ1) is 14.2. The van der Waals surface area contributed by atoms with Crippen molar-refractivity contribution >= 4 is 11.6 Å². The molecule has 5 nitrogen and oxygen atoms in total. The van der Waals surface area contributed by atoms with Gasteiger partial charge in [0, 0.05) is 31.7 Å². The summed E-state index contributed by atoms with van der Waals surface area (Å²) in [5.74, 6) is 2.30. The second-order valence-corrected chi connectivity index (χ2v) is 6.89. The molecule has 0 saturated carbocycles. The maximum atomic E-state index is 13.0. The lowest BCUT2D eigenvalue weighted by Gasteiger charge is -2.36. The zero-order valence-corrected chi connectivity index (χ0v) is 17.6. The molecule has 3 aromatic carbocycles. The highest BCUT2D eigenvalue weighted by Gasteiger charge is 2.24. The number of rotatable bonds is 5. The van der Waals surface area contributed by atoms with Crippen molar-refractivity contribution in [1.29, 1.82) is 0 Å². The highest BCUT2D eigenvalue weighted by Crippen LogP contribution is 2.29. The average molecular weight is 424 g/mol. The fourth-order valence-corrected chi connectivity index (χ4v) is 3.54. The lowest BCUT2D eigenvalue weighted by Crippen LogP contribution is -3.00. The Bertz CT molecular complexity index is 973. The van der Waals surface area contributed by atoms with Gasteiger partial charge in [-0.1, -0.05) is 36.4 Å². The molecule has 0 aromatic heterocycles. The Kier molecular flexibility index (Phi) is 7.20. The molecule has 1 saturated heterocycles. The third-order valence-corrected chi connectivity index (χ3v) is 5.05. The molecule has 0 atom stereocenters. The van der Waals surface area contributed by atoms with Crippen molar-refractivity contribution in [1.82, 2.24) is 4.90 Å². The second-order valence-electron chi connectivity index (χ2n) is 6.89. The molecule has 4 rings (SSSR count). The molecule has 1 aliphatic rings. The van der Waals surface area contributed by atoms with E-state index in [4.69, 9.17) is 9.47 Å². The fourth-order valence-electron chi connectivity index (χ4n) is 3.54. The van der Waals surface area contributed by atoms with Crippen LogP contribution in [0.1, 0.15) is 10.4 Å². The quantitative estimate of drug-likeness (QED) is 0.623. The smallest absolute Gasteiger partial charge is 0.254 e. The number of amides is 1. The van der Waals surface area contributed by atoms with Gasteiger partial charge in [-0.2, -0.15) is 0 Å². The zero-order valence-electron chi connectivity index (χ0n) is 16.8. The van der Waals surface area contributed by atoms with E-state index in [1.54, 1.807) is 7.11 Å². The van der Waals surface area contributed by atoms with Crippen LogP contribution in [-0.2, 0) is 0 Å². The van der Waals surface area contributed by atoms with E-state index in [1.807, 2.05) is 77.7 Å². The minimum atomic E-state index is 0. The topological polar surface area (TPSA) is 42.0 Å². The van der Waals surface area contributed by atoms with Gasteiger partial charge in [-0.25, -0.2) is 0 Å². The molecule has 3 aromatic rings. The summed E-state index contributed by atoms with van der Waals surface area (Å²) >= 11 is 0. The highest BCUT2D eigenvalue weighted by molar-refractivity contribution is 5.94. The summed E-state index contributed by atoms with van der Waals surface area (Å²) in [4.78, 5) is 17.2. The van der Waals surface area contributed by atoms with Crippen molar-refractivity contribution < 1.29 is 26.7 Å². The summed E-state index contributed by atoms with van der Waals surface area (Å²) in [6, 6.07) is 24.9. The zero-order chi connectivity index (χ0) is 20.1. The standard InChI is InChI=1S/C24H24N2O3.ClH/c1-28-23-13-6-5-12-22(23)25-14-16-26(17-15-25)24(27)19-8-7-11-21(18-19)29-20-9-3-2-4-10-20;/h2-13,18H,14-17H2,1H3;1H/p-1. The maximum absolute atomic E-state index is 13.0. The SMILES string of the molecule is COc1ccccc1N1CCN(C(=O)c2cccc(Oc3ccccc3)c2)CC1.[Cl-]. The van der Waals surface area contributed by atoms with Gasteiger partial charge in [0.05, 0.1) is 12.8 Å². The molecule has 156 valence electrons. The van der Waals surface area contributed by atoms with Crippen LogP contribution >= 0.6 is 0 Å². The van der Waals surface area contributed by atoms with E-state index in [9.17, 15) is 4.79 Å². The van der Waals surface area contributed by atoms with Crippen LogP contribution in [0.15, 0.2) is 78.9 Å². The van der Waals surface area contributed by atoms with Crippen molar-refractivity contribution in [2.24, 2.45) is 0 Å². The molecule has 1 amide bonds. The van der Waals surface area contributed by atoms with Gasteiger partial charge in [0.2, 0.25) is 0 Å². The van der Waals surface area contributed by atoms with E-state index in [0.717, 1.165) is 30.3 Å². The molecular formula is C24H24ClN2O3-. The molecule has 30 heavy (non-hydrogen) atoms. The first-order valence-electron chi connectivity index (χ1n) is 9.75. The van der Waals surface area contributed by atoms with Crippen LogP contribution in [-0.4, -0.2) is 44.1 Å². The summed E-state index contributed by atoms with van der Waals surface area (Å²) < 4.78 is 11.3. The van der Waals surface area contributed by atoms with Crippen LogP contribution in [0.5, 0.6) is 17.2 Å². The number of ether oxygens (including phenoxy) is 2. The minimum Gasteiger partial charge on any atom is -1.00 e. The Morgan fingerprint density at radius 1 is 0.800 bits per heavy atom. The van der Waals surface area contributed by atoms with Gasteiger partial charge in [-0.05, 0) is 42.5 Å². The number of carbonyl (C=O) groups excluding carboxylic acids is 1. The van der Waals surface area contributed by atoms with Gasteiger partial charge in [-0.3, -0.25) is 4.79 Å². The summed E-state index contributed by atoms with van der Waals surface area (Å²) in [5.41, 5.74) is 1.71. The number of nitrogens with zero attached hydrogens (tertiary/aromatic N) is 2. The molecule has 0 N–H and O–H groups in total. The Morgan fingerprint density at radius 3 is 2.20 bits per heavy atom. The van der Waals surface area contributed by atoms with Gasteiger partial charge < -0.3 is 31.7 Å². The molecule has 0 aliphatic carbocycles. The van der Waals surface area contributed by atoms with Crippen LogP contribution in [0.4, 0.5) is 5.69 Å². The molecular weight excluding hydrogens is 400 g/mol. The molecule has 1 aliphatic heterocycles. The third kappa shape index (κ3) is 4.86. The Morgan fingerprint density at radius 2 is 1.47 bits per heavy atom. The predicted octanol–water partition coefficient (Wildman–Crippen LogP) is 1.45. The molecule has 0 spiro atoms. The number of para-hydroxylation sites is 3. The molecule has 1 heterocycles. The van der Waals surface area contributed by atoms with E-state index in [0.29, 0.717) is 24.4 Å². The number of halogens is 1. The van der Waals surface area contributed by atoms with Crippen molar-refractivity contribution in [3.8, 4) is 17.2 Å². The van der Waals surface area contributed by atoms with Crippen molar-refractivity contribution in [3.05, 3.63) is 84.4 Å². The van der Waals surface area contributed by atoms with Gasteiger partial charge in [0.15, 0.2) is 0 Å². The van der Waals surface area contributed by atoms with E-state index in [2.05, 4.69) is 11.0 Å². The van der Waals surface area contributed by atoms with Gasteiger partial charge in [0.25, 0.3) is 5.91 Å². The predicted molar refractivity (Wildman–Crippen MR) is 114 cm³/mol. The monoisotopic (exact) mass is 423 g/mol. The molecule has 0 radical (unpaired) electrons. The van der Waals surface area contributed by atoms with Gasteiger partial charge >= 0.3 is 0 Å². The first-order valence-corrected chi connectivity index (χ1v) is 9.75. The Balaban J connectivity index is 0.00000256. The van der Waals surface area contributed by atoms with Crippen molar-refractivity contribution in [3.63, 3.8) is 0 Å². The molecule has 0 unspecified atom stereocenters. The normalized spacial score (nSPS) is 13.4. The maximum Gasteiger partial charge on any atom is 0.254 e. The Hall–Kier alpha value is -3.18. The van der Waals surface area contributed by atoms with E-state index in [1.165, 1.54) is 0 Å². The van der Waals surface area contributed by atoms with E-state index in [-0.39, 0.29) is 18.3 Å². The largest absolute Gasteiger partial charge is 1.00 e. The molecule has 6 heteroatoms. The van der Waals surface area contributed by atoms with Gasteiger partial charge in [0.1, 0.15) is 17.2 Å². The molecule has 1 fully saturated rings. The summed E-state index contributed by atoms with van der Waals surface area (Å²) in [6.07, 6.45) is 0. The number of methoxy groups -OCH3 is 1. The number of benzene rings is 3. The highest BCUT2D eigenvalue weighted by atomic mass is 35.5. The fraction of sp³-hybridized carbons (Fsp3) is 0.208. The lowest BCUT2D eigenvalue weighted by molar-refractivity contribution is -0.0000164. The number of hydrogen-bond donors (Lipinski definition) is 0. The third-order valence-electron chi connectivity index (χ3n) is 5.05.